The Morgan fingerprint density at radius 3 is 2.36 bits per heavy atom. The van der Waals surface area contributed by atoms with Crippen LogP contribution in [0.15, 0.2) is 53.7 Å². The second-order valence-corrected chi connectivity index (χ2v) is 5.06. The molecule has 0 bridgehead atoms. The molecule has 0 amide bonds. The predicted octanol–water partition coefficient (Wildman–Crippen LogP) is 5.30. The Morgan fingerprint density at radius 1 is 1.09 bits per heavy atom. The first-order valence-electron chi connectivity index (χ1n) is 6.45. The maximum Gasteiger partial charge on any atom is 0.417 e. The predicted molar refractivity (Wildman–Crippen MR) is 79.9 cm³/mol. The normalized spacial score (nSPS) is 12.3. The number of hydrogen-bond acceptors (Lipinski definition) is 2. The minimum atomic E-state index is -4.43. The lowest BCUT2D eigenvalue weighted by Crippen LogP contribution is -2.12. The summed E-state index contributed by atoms with van der Waals surface area (Å²) < 4.78 is 38.8. The average Bonchev–Trinajstić information content (AvgIpc) is 2.48. The SMILES string of the molecule is CC(=NOCc1ccc(Cl)cc1)c1ccccc1C(F)(F)F. The molecule has 116 valence electrons. The van der Waals surface area contributed by atoms with Crippen LogP contribution in [0, 0.1) is 0 Å². The van der Waals surface area contributed by atoms with E-state index in [4.69, 9.17) is 16.4 Å². The van der Waals surface area contributed by atoms with Crippen LogP contribution < -0.4 is 0 Å². The number of alkyl halides is 3. The fourth-order valence-electron chi connectivity index (χ4n) is 1.88. The molecule has 0 N–H and O–H groups in total. The molecule has 2 aromatic carbocycles. The van der Waals surface area contributed by atoms with E-state index in [1.165, 1.54) is 25.1 Å². The van der Waals surface area contributed by atoms with Crippen molar-refractivity contribution in [2.45, 2.75) is 19.7 Å². The van der Waals surface area contributed by atoms with Crippen LogP contribution >= 0.6 is 11.6 Å². The van der Waals surface area contributed by atoms with E-state index in [9.17, 15) is 13.2 Å². The molecule has 0 atom stereocenters. The van der Waals surface area contributed by atoms with Crippen LogP contribution in [-0.4, -0.2) is 5.71 Å². The summed E-state index contributed by atoms with van der Waals surface area (Å²) >= 11 is 5.76. The average molecular weight is 328 g/mol. The zero-order valence-electron chi connectivity index (χ0n) is 11.7. The molecule has 0 fully saturated rings. The molecule has 2 rings (SSSR count). The van der Waals surface area contributed by atoms with E-state index in [2.05, 4.69) is 5.16 Å². The lowest BCUT2D eigenvalue weighted by molar-refractivity contribution is -0.137. The van der Waals surface area contributed by atoms with Crippen LogP contribution in [0.3, 0.4) is 0 Å². The van der Waals surface area contributed by atoms with Gasteiger partial charge in [-0.2, -0.15) is 13.2 Å². The van der Waals surface area contributed by atoms with Crippen LogP contribution in [0.5, 0.6) is 0 Å². The van der Waals surface area contributed by atoms with Crippen molar-refractivity contribution in [3.63, 3.8) is 0 Å². The highest BCUT2D eigenvalue weighted by atomic mass is 35.5. The zero-order valence-corrected chi connectivity index (χ0v) is 12.4. The Morgan fingerprint density at radius 2 is 1.73 bits per heavy atom. The highest BCUT2D eigenvalue weighted by molar-refractivity contribution is 6.30. The van der Waals surface area contributed by atoms with E-state index >= 15 is 0 Å². The standard InChI is InChI=1S/C16H13ClF3NO/c1-11(14-4-2-3-5-15(14)16(18,19)20)21-22-10-12-6-8-13(17)9-7-12/h2-9H,10H2,1H3. The van der Waals surface area contributed by atoms with Gasteiger partial charge in [-0.25, -0.2) is 0 Å². The third-order valence-corrected chi connectivity index (χ3v) is 3.22. The van der Waals surface area contributed by atoms with Gasteiger partial charge in [0.25, 0.3) is 0 Å². The third kappa shape index (κ3) is 4.24. The van der Waals surface area contributed by atoms with Crippen LogP contribution in [0.2, 0.25) is 5.02 Å². The second-order valence-electron chi connectivity index (χ2n) is 4.62. The molecule has 2 aromatic rings. The number of hydrogen-bond donors (Lipinski definition) is 0. The number of benzene rings is 2. The van der Waals surface area contributed by atoms with Gasteiger partial charge in [-0.05, 0) is 30.7 Å². The van der Waals surface area contributed by atoms with Gasteiger partial charge in [-0.3, -0.25) is 0 Å². The molecule has 6 heteroatoms. The molecular formula is C16H13ClF3NO. The number of oxime groups is 1. The zero-order chi connectivity index (χ0) is 16.2. The molecule has 0 aliphatic heterocycles. The maximum atomic E-state index is 12.9. The van der Waals surface area contributed by atoms with Crippen LogP contribution in [0.1, 0.15) is 23.6 Å². The van der Waals surface area contributed by atoms with Crippen molar-refractivity contribution in [3.05, 3.63) is 70.2 Å². The van der Waals surface area contributed by atoms with E-state index in [-0.39, 0.29) is 17.9 Å². The highest BCUT2D eigenvalue weighted by Gasteiger charge is 2.33. The Kier molecular flexibility index (Phi) is 5.08. The summed E-state index contributed by atoms with van der Waals surface area (Å²) in [5.74, 6) is 0. The van der Waals surface area contributed by atoms with Crippen molar-refractivity contribution >= 4 is 17.3 Å². The maximum absolute atomic E-state index is 12.9. The third-order valence-electron chi connectivity index (χ3n) is 2.97. The van der Waals surface area contributed by atoms with Crippen LogP contribution in [0.25, 0.3) is 0 Å². The molecule has 0 aromatic heterocycles. The summed E-state index contributed by atoms with van der Waals surface area (Å²) in [5.41, 5.74) is 0.268. The molecule has 0 aliphatic carbocycles. The minimum absolute atomic E-state index is 0.00565. The number of nitrogens with zero attached hydrogens (tertiary/aromatic N) is 1. The van der Waals surface area contributed by atoms with Crippen molar-refractivity contribution in [2.24, 2.45) is 5.16 Å². The van der Waals surface area contributed by atoms with E-state index in [0.717, 1.165) is 11.6 Å². The summed E-state index contributed by atoms with van der Waals surface area (Å²) in [6.45, 7) is 1.63. The first-order valence-corrected chi connectivity index (χ1v) is 6.83. The summed E-state index contributed by atoms with van der Waals surface area (Å²) in [5, 5.41) is 4.37. The molecule has 0 unspecified atom stereocenters. The Bertz CT molecular complexity index is 666. The van der Waals surface area contributed by atoms with E-state index in [0.29, 0.717) is 5.02 Å². The van der Waals surface area contributed by atoms with Crippen LogP contribution in [0.4, 0.5) is 13.2 Å². The molecule has 0 radical (unpaired) electrons. The minimum Gasteiger partial charge on any atom is -0.391 e. The first-order chi connectivity index (χ1) is 10.4. The second kappa shape index (κ2) is 6.83. The smallest absolute Gasteiger partial charge is 0.391 e. The quantitative estimate of drug-likeness (QED) is 0.551. The fourth-order valence-corrected chi connectivity index (χ4v) is 2.01. The van der Waals surface area contributed by atoms with Gasteiger partial charge in [0, 0.05) is 10.6 Å². The summed E-state index contributed by atoms with van der Waals surface area (Å²) in [7, 11) is 0. The largest absolute Gasteiger partial charge is 0.417 e. The molecule has 0 saturated carbocycles. The van der Waals surface area contributed by atoms with E-state index < -0.39 is 11.7 Å². The van der Waals surface area contributed by atoms with Gasteiger partial charge in [-0.1, -0.05) is 47.1 Å². The Balaban J connectivity index is 2.11. The lowest BCUT2D eigenvalue weighted by atomic mass is 10.0. The van der Waals surface area contributed by atoms with E-state index in [1.54, 1.807) is 24.3 Å². The molecule has 0 heterocycles. The summed E-state index contributed by atoms with van der Waals surface area (Å²) in [6, 6.07) is 12.2. The summed E-state index contributed by atoms with van der Waals surface area (Å²) in [4.78, 5) is 5.12. The molecule has 22 heavy (non-hydrogen) atoms. The van der Waals surface area contributed by atoms with Crippen molar-refractivity contribution < 1.29 is 18.0 Å². The molecule has 2 nitrogen and oxygen atoms in total. The van der Waals surface area contributed by atoms with E-state index in [1.807, 2.05) is 0 Å². The van der Waals surface area contributed by atoms with Crippen molar-refractivity contribution in [1.29, 1.82) is 0 Å². The van der Waals surface area contributed by atoms with Crippen LogP contribution in [-0.2, 0) is 17.6 Å². The Hall–Kier alpha value is -2.01. The highest BCUT2D eigenvalue weighted by Crippen LogP contribution is 2.32. The van der Waals surface area contributed by atoms with Crippen molar-refractivity contribution in [3.8, 4) is 0 Å². The van der Waals surface area contributed by atoms with Crippen molar-refractivity contribution in [1.82, 2.24) is 0 Å². The van der Waals surface area contributed by atoms with Gasteiger partial charge in [-0.15, -0.1) is 0 Å². The van der Waals surface area contributed by atoms with Gasteiger partial charge in [0.15, 0.2) is 0 Å². The number of halogens is 4. The first kappa shape index (κ1) is 16.4. The topological polar surface area (TPSA) is 21.6 Å². The molecule has 0 spiro atoms. The van der Waals surface area contributed by atoms with Gasteiger partial charge >= 0.3 is 6.18 Å². The van der Waals surface area contributed by atoms with Gasteiger partial charge < -0.3 is 4.84 Å². The fraction of sp³-hybridized carbons (Fsp3) is 0.188. The monoisotopic (exact) mass is 327 g/mol. The van der Waals surface area contributed by atoms with Crippen molar-refractivity contribution in [2.75, 3.05) is 0 Å². The Labute approximate surface area is 131 Å². The van der Waals surface area contributed by atoms with Gasteiger partial charge in [0.1, 0.15) is 6.61 Å². The molecule has 0 saturated heterocycles. The number of rotatable bonds is 4. The lowest BCUT2D eigenvalue weighted by Gasteiger charge is -2.12. The molecular weight excluding hydrogens is 315 g/mol. The molecule has 0 aliphatic rings. The van der Waals surface area contributed by atoms with Gasteiger partial charge in [0.05, 0.1) is 11.3 Å². The van der Waals surface area contributed by atoms with Gasteiger partial charge in [0.2, 0.25) is 0 Å². The summed E-state index contributed by atoms with van der Waals surface area (Å²) in [6.07, 6.45) is -4.43.